The Balaban J connectivity index is 1.35. The van der Waals surface area contributed by atoms with E-state index in [9.17, 15) is 4.79 Å². The topological polar surface area (TPSA) is 56.8 Å². The van der Waals surface area contributed by atoms with Gasteiger partial charge in [0.25, 0.3) is 0 Å². The van der Waals surface area contributed by atoms with Crippen LogP contribution in [0.15, 0.2) is 72.8 Å². The van der Waals surface area contributed by atoms with Crippen LogP contribution in [0.2, 0.25) is 0 Å². The van der Waals surface area contributed by atoms with Gasteiger partial charge in [0.2, 0.25) is 5.91 Å². The lowest BCUT2D eigenvalue weighted by molar-refractivity contribution is -0.115. The minimum atomic E-state index is -0.0941. The van der Waals surface area contributed by atoms with E-state index in [0.717, 1.165) is 22.7 Å². The average molecular weight is 361 g/mol. The number of benzene rings is 3. The van der Waals surface area contributed by atoms with E-state index in [2.05, 4.69) is 5.32 Å². The molecule has 0 saturated carbocycles. The molecule has 3 aromatic rings. The second-order valence-corrected chi connectivity index (χ2v) is 6.14. The van der Waals surface area contributed by atoms with Gasteiger partial charge in [-0.25, -0.2) is 0 Å². The molecule has 0 aliphatic carbocycles. The van der Waals surface area contributed by atoms with Gasteiger partial charge < -0.3 is 19.5 Å². The number of nitrogens with one attached hydrogen (secondary N) is 1. The van der Waals surface area contributed by atoms with Crippen LogP contribution in [0, 0.1) is 0 Å². The van der Waals surface area contributed by atoms with Gasteiger partial charge in [-0.05, 0) is 54.1 Å². The molecule has 1 amide bonds. The monoisotopic (exact) mass is 361 g/mol. The summed E-state index contributed by atoms with van der Waals surface area (Å²) in [5.74, 6) is 2.80. The minimum absolute atomic E-state index is 0.0941. The molecular weight excluding hydrogens is 342 g/mol. The number of para-hydroxylation sites is 1. The first-order valence-corrected chi connectivity index (χ1v) is 8.78. The van der Waals surface area contributed by atoms with E-state index in [1.165, 1.54) is 0 Å². The van der Waals surface area contributed by atoms with Gasteiger partial charge in [-0.15, -0.1) is 0 Å². The summed E-state index contributed by atoms with van der Waals surface area (Å²) in [4.78, 5) is 12.3. The van der Waals surface area contributed by atoms with E-state index < -0.39 is 0 Å². The molecule has 0 spiro atoms. The van der Waals surface area contributed by atoms with E-state index >= 15 is 0 Å². The Labute approximate surface area is 157 Å². The van der Waals surface area contributed by atoms with Crippen molar-refractivity contribution in [1.82, 2.24) is 0 Å². The van der Waals surface area contributed by atoms with Crippen molar-refractivity contribution in [2.45, 2.75) is 6.42 Å². The summed E-state index contributed by atoms with van der Waals surface area (Å²) in [6.45, 7) is 1.08. The van der Waals surface area contributed by atoms with E-state index in [-0.39, 0.29) is 12.3 Å². The van der Waals surface area contributed by atoms with E-state index in [1.807, 2.05) is 72.8 Å². The van der Waals surface area contributed by atoms with E-state index in [0.29, 0.717) is 24.7 Å². The van der Waals surface area contributed by atoms with E-state index in [1.54, 1.807) is 0 Å². The zero-order valence-corrected chi connectivity index (χ0v) is 14.7. The Kier molecular flexibility index (Phi) is 4.92. The Morgan fingerprint density at radius 3 is 2.33 bits per heavy atom. The molecule has 136 valence electrons. The normalized spacial score (nSPS) is 12.3. The van der Waals surface area contributed by atoms with Crippen molar-refractivity contribution in [3.63, 3.8) is 0 Å². The van der Waals surface area contributed by atoms with Crippen molar-refractivity contribution in [3.05, 3.63) is 78.4 Å². The molecule has 0 radical (unpaired) electrons. The van der Waals surface area contributed by atoms with Gasteiger partial charge in [0.1, 0.15) is 24.7 Å². The SMILES string of the molecule is O=C(Cc1ccc2c(c1)OCCO2)Nc1ccc(Oc2ccccc2)cc1. The van der Waals surface area contributed by atoms with Crippen LogP contribution in [0.25, 0.3) is 0 Å². The smallest absolute Gasteiger partial charge is 0.228 e. The van der Waals surface area contributed by atoms with Crippen LogP contribution in [-0.4, -0.2) is 19.1 Å². The number of rotatable bonds is 5. The summed E-state index contributed by atoms with van der Waals surface area (Å²) in [5, 5.41) is 2.89. The number of carbonyl (C=O) groups is 1. The van der Waals surface area contributed by atoms with Gasteiger partial charge in [-0.1, -0.05) is 24.3 Å². The third-order valence-electron chi connectivity index (χ3n) is 4.09. The highest BCUT2D eigenvalue weighted by Crippen LogP contribution is 2.31. The van der Waals surface area contributed by atoms with Gasteiger partial charge in [-0.3, -0.25) is 4.79 Å². The molecule has 3 aromatic carbocycles. The molecular formula is C22H19NO4. The largest absolute Gasteiger partial charge is 0.486 e. The summed E-state index contributed by atoms with van der Waals surface area (Å²) in [7, 11) is 0. The lowest BCUT2D eigenvalue weighted by atomic mass is 10.1. The molecule has 5 nitrogen and oxygen atoms in total. The molecule has 0 unspecified atom stereocenters. The van der Waals surface area contributed by atoms with Gasteiger partial charge in [0.15, 0.2) is 11.5 Å². The molecule has 4 rings (SSSR count). The van der Waals surface area contributed by atoms with Gasteiger partial charge >= 0.3 is 0 Å². The van der Waals surface area contributed by atoms with Crippen molar-refractivity contribution in [3.8, 4) is 23.0 Å². The number of carbonyl (C=O) groups excluding carboxylic acids is 1. The number of hydrogen-bond donors (Lipinski definition) is 1. The summed E-state index contributed by atoms with van der Waals surface area (Å²) in [6, 6.07) is 22.4. The van der Waals surface area contributed by atoms with Crippen LogP contribution in [-0.2, 0) is 11.2 Å². The first-order chi connectivity index (χ1) is 13.3. The Bertz CT molecular complexity index is 923. The van der Waals surface area contributed by atoms with Gasteiger partial charge in [-0.2, -0.15) is 0 Å². The van der Waals surface area contributed by atoms with Gasteiger partial charge in [0.05, 0.1) is 6.42 Å². The van der Waals surface area contributed by atoms with Crippen LogP contribution in [0.3, 0.4) is 0 Å². The lowest BCUT2D eigenvalue weighted by Gasteiger charge is -2.18. The molecule has 1 N–H and O–H groups in total. The van der Waals surface area contributed by atoms with Crippen LogP contribution < -0.4 is 19.5 Å². The summed E-state index contributed by atoms with van der Waals surface area (Å²) < 4.78 is 16.8. The van der Waals surface area contributed by atoms with Crippen molar-refractivity contribution in [1.29, 1.82) is 0 Å². The highest BCUT2D eigenvalue weighted by molar-refractivity contribution is 5.92. The predicted molar refractivity (Wildman–Crippen MR) is 103 cm³/mol. The standard InChI is InChI=1S/C22H19NO4/c24-22(15-16-6-11-20-21(14-16)26-13-12-25-20)23-17-7-9-19(10-8-17)27-18-4-2-1-3-5-18/h1-11,14H,12-13,15H2,(H,23,24). The quantitative estimate of drug-likeness (QED) is 0.730. The predicted octanol–water partition coefficient (Wildman–Crippen LogP) is 4.43. The van der Waals surface area contributed by atoms with Crippen LogP contribution in [0.5, 0.6) is 23.0 Å². The lowest BCUT2D eigenvalue weighted by Crippen LogP contribution is -2.17. The van der Waals surface area contributed by atoms with Crippen LogP contribution in [0.4, 0.5) is 5.69 Å². The molecule has 0 aromatic heterocycles. The highest BCUT2D eigenvalue weighted by Gasteiger charge is 2.13. The Hall–Kier alpha value is -3.47. The third-order valence-corrected chi connectivity index (χ3v) is 4.09. The zero-order chi connectivity index (χ0) is 18.5. The van der Waals surface area contributed by atoms with Gasteiger partial charge in [0, 0.05) is 5.69 Å². The molecule has 27 heavy (non-hydrogen) atoms. The average Bonchev–Trinajstić information content (AvgIpc) is 2.70. The summed E-state index contributed by atoms with van der Waals surface area (Å²) in [5.41, 5.74) is 1.60. The molecule has 1 heterocycles. The van der Waals surface area contributed by atoms with Crippen molar-refractivity contribution in [2.24, 2.45) is 0 Å². The molecule has 1 aliphatic heterocycles. The first kappa shape index (κ1) is 17.0. The van der Waals surface area contributed by atoms with Crippen molar-refractivity contribution >= 4 is 11.6 Å². The number of fused-ring (bicyclic) bond motifs is 1. The highest BCUT2D eigenvalue weighted by atomic mass is 16.6. The molecule has 5 heteroatoms. The fourth-order valence-electron chi connectivity index (χ4n) is 2.82. The number of hydrogen-bond acceptors (Lipinski definition) is 4. The maximum atomic E-state index is 12.3. The summed E-state index contributed by atoms with van der Waals surface area (Å²) >= 11 is 0. The fraction of sp³-hybridized carbons (Fsp3) is 0.136. The van der Waals surface area contributed by atoms with Crippen molar-refractivity contribution < 1.29 is 19.0 Å². The number of anilines is 1. The number of amides is 1. The molecule has 0 bridgehead atoms. The molecule has 0 atom stereocenters. The second kappa shape index (κ2) is 7.83. The van der Waals surface area contributed by atoms with Crippen LogP contribution >= 0.6 is 0 Å². The maximum Gasteiger partial charge on any atom is 0.228 e. The zero-order valence-electron chi connectivity index (χ0n) is 14.7. The number of ether oxygens (including phenoxy) is 3. The minimum Gasteiger partial charge on any atom is -0.486 e. The molecule has 1 aliphatic rings. The molecule has 0 saturated heterocycles. The van der Waals surface area contributed by atoms with Crippen LogP contribution in [0.1, 0.15) is 5.56 Å². The second-order valence-electron chi connectivity index (χ2n) is 6.14. The first-order valence-electron chi connectivity index (χ1n) is 8.78. The van der Waals surface area contributed by atoms with E-state index in [4.69, 9.17) is 14.2 Å². The Morgan fingerprint density at radius 1 is 0.852 bits per heavy atom. The Morgan fingerprint density at radius 2 is 1.56 bits per heavy atom. The third kappa shape index (κ3) is 4.39. The molecule has 0 fully saturated rings. The van der Waals surface area contributed by atoms with Crippen molar-refractivity contribution in [2.75, 3.05) is 18.5 Å². The fourth-order valence-corrected chi connectivity index (χ4v) is 2.82. The maximum absolute atomic E-state index is 12.3. The summed E-state index contributed by atoms with van der Waals surface area (Å²) in [6.07, 6.45) is 0.263.